The second kappa shape index (κ2) is 6.29. The number of aromatic carboxylic acids is 1. The van der Waals surface area contributed by atoms with Crippen molar-refractivity contribution in [3.63, 3.8) is 0 Å². The number of benzene rings is 1. The number of carboxylic acids is 1. The molecule has 1 aromatic carbocycles. The lowest BCUT2D eigenvalue weighted by Crippen LogP contribution is -2.04. The van der Waals surface area contributed by atoms with Gasteiger partial charge < -0.3 is 15.1 Å². The lowest BCUT2D eigenvalue weighted by molar-refractivity contribution is 0.0692. The summed E-state index contributed by atoms with van der Waals surface area (Å²) in [5, 5.41) is 12.6. The fourth-order valence-electron chi connectivity index (χ4n) is 1.50. The van der Waals surface area contributed by atoms with E-state index in [0.717, 1.165) is 5.69 Å². The number of anilines is 1. The summed E-state index contributed by atoms with van der Waals surface area (Å²) in [6.07, 6.45) is 3.06. The average Bonchev–Trinajstić information content (AvgIpc) is 2.47. The Labute approximate surface area is 121 Å². The molecule has 0 spiro atoms. The van der Waals surface area contributed by atoms with E-state index in [9.17, 15) is 4.79 Å². The van der Waals surface area contributed by atoms with Crippen molar-refractivity contribution in [1.29, 1.82) is 0 Å². The Hall–Kier alpha value is -2.22. The van der Waals surface area contributed by atoms with Gasteiger partial charge in [0.2, 0.25) is 13.9 Å². The minimum atomic E-state index is -1.13. The van der Waals surface area contributed by atoms with E-state index in [2.05, 4.69) is 15.2 Å². The Morgan fingerprint density at radius 3 is 2.95 bits per heavy atom. The van der Waals surface area contributed by atoms with Crippen LogP contribution in [0.5, 0.6) is 11.6 Å². The Kier molecular flexibility index (Phi) is 4.47. The quantitative estimate of drug-likeness (QED) is 0.492. The van der Waals surface area contributed by atoms with Crippen LogP contribution < -0.4 is 9.96 Å². The van der Waals surface area contributed by atoms with E-state index >= 15 is 0 Å². The molecule has 0 aliphatic carbocycles. The number of carboxylic acid groups (broad SMARTS) is 1. The third-order valence-corrected chi connectivity index (χ3v) is 3.04. The first-order chi connectivity index (χ1) is 9.63. The first-order valence-corrected chi connectivity index (χ1v) is 6.96. The van der Waals surface area contributed by atoms with Crippen molar-refractivity contribution < 1.29 is 14.6 Å². The van der Waals surface area contributed by atoms with Crippen molar-refractivity contribution in [2.24, 2.45) is 0 Å². The summed E-state index contributed by atoms with van der Waals surface area (Å²) in [7, 11) is 1.79. The lowest BCUT2D eigenvalue weighted by atomic mass is 10.2. The number of rotatable bonds is 5. The van der Waals surface area contributed by atoms with Crippen molar-refractivity contribution in [3.8, 4) is 11.6 Å². The van der Waals surface area contributed by atoms with Gasteiger partial charge in [0.1, 0.15) is 11.3 Å². The average molecular weight is 289 g/mol. The normalized spacial score (nSPS) is 10.1. The number of aromatic nitrogens is 2. The number of nitrogens with zero attached hydrogens (tertiary/aromatic N) is 2. The number of nitrogens with one attached hydrogen (secondary N) is 1. The number of ether oxygens (including phenoxy) is 1. The molecule has 0 bridgehead atoms. The molecule has 0 saturated carbocycles. The molecule has 1 aromatic heterocycles. The zero-order valence-corrected chi connectivity index (χ0v) is 11.8. The molecule has 0 fully saturated rings. The van der Waals surface area contributed by atoms with Gasteiger partial charge in [0.05, 0.1) is 0 Å². The van der Waals surface area contributed by atoms with E-state index in [1.807, 2.05) is 6.07 Å². The molecule has 2 rings (SSSR count). The van der Waals surface area contributed by atoms with E-state index in [1.165, 1.54) is 18.0 Å². The molecule has 8 heteroatoms. The number of thioether (sulfide) groups is 1. The van der Waals surface area contributed by atoms with Gasteiger partial charge >= 0.3 is 5.97 Å². The predicted molar refractivity (Wildman–Crippen MR) is 79.5 cm³/mol. The van der Waals surface area contributed by atoms with E-state index < -0.39 is 5.97 Å². The van der Waals surface area contributed by atoms with Crippen LogP contribution in [0.3, 0.4) is 0 Å². The van der Waals surface area contributed by atoms with Crippen LogP contribution in [0.2, 0.25) is 0 Å². The number of hydrogen-bond donors (Lipinski definition) is 2. The smallest absolute Gasteiger partial charge is 0.342 e. The van der Waals surface area contributed by atoms with Gasteiger partial charge in [0.15, 0.2) is 5.16 Å². The van der Waals surface area contributed by atoms with Crippen LogP contribution in [0.4, 0.5) is 5.69 Å². The van der Waals surface area contributed by atoms with Gasteiger partial charge in [0, 0.05) is 18.0 Å². The SMILES string of the molecule is BNc1cccc(Oc2nc(SC)ncc2C(=O)O)c1. The maximum Gasteiger partial charge on any atom is 0.342 e. The molecular formula is C12H12BN3O3S. The van der Waals surface area contributed by atoms with Gasteiger partial charge in [-0.15, -0.1) is 0 Å². The van der Waals surface area contributed by atoms with E-state index in [0.29, 0.717) is 10.9 Å². The van der Waals surface area contributed by atoms with Gasteiger partial charge in [-0.2, -0.15) is 4.98 Å². The Bertz CT molecular complexity index is 639. The molecule has 102 valence electrons. The van der Waals surface area contributed by atoms with Crippen LogP contribution in [0, 0.1) is 0 Å². The zero-order valence-electron chi connectivity index (χ0n) is 11.0. The predicted octanol–water partition coefficient (Wildman–Crippen LogP) is 1.65. The van der Waals surface area contributed by atoms with Crippen LogP contribution in [0.15, 0.2) is 35.6 Å². The van der Waals surface area contributed by atoms with Crippen molar-refractivity contribution in [2.45, 2.75) is 5.16 Å². The molecule has 6 nitrogen and oxygen atoms in total. The number of carbonyl (C=O) groups is 1. The third-order valence-electron chi connectivity index (χ3n) is 2.48. The molecule has 2 aromatic rings. The highest BCUT2D eigenvalue weighted by atomic mass is 32.2. The summed E-state index contributed by atoms with van der Waals surface area (Å²) in [6.45, 7) is 0. The minimum Gasteiger partial charge on any atom is -0.477 e. The lowest BCUT2D eigenvalue weighted by Gasteiger charge is -2.09. The molecule has 0 saturated heterocycles. The van der Waals surface area contributed by atoms with Crippen LogP contribution in [0.25, 0.3) is 0 Å². The second-order valence-corrected chi connectivity index (χ2v) is 4.53. The first-order valence-electron chi connectivity index (χ1n) is 5.74. The summed E-state index contributed by atoms with van der Waals surface area (Å²) in [5.41, 5.74) is 0.788. The van der Waals surface area contributed by atoms with Crippen molar-refractivity contribution >= 4 is 31.4 Å². The van der Waals surface area contributed by atoms with Crippen LogP contribution in [-0.2, 0) is 0 Å². The summed E-state index contributed by atoms with van der Waals surface area (Å²) >= 11 is 1.31. The van der Waals surface area contributed by atoms with Crippen molar-refractivity contribution in [2.75, 3.05) is 11.5 Å². The second-order valence-electron chi connectivity index (χ2n) is 3.76. The van der Waals surface area contributed by atoms with E-state index in [-0.39, 0.29) is 11.4 Å². The van der Waals surface area contributed by atoms with Crippen LogP contribution in [0.1, 0.15) is 10.4 Å². The van der Waals surface area contributed by atoms with Crippen LogP contribution >= 0.6 is 11.8 Å². The molecule has 0 aliphatic heterocycles. The minimum absolute atomic E-state index is 0.0325. The molecule has 0 aliphatic rings. The summed E-state index contributed by atoms with van der Waals surface area (Å²) in [4.78, 5) is 19.2. The third kappa shape index (κ3) is 3.21. The standard InChI is InChI=1S/C12H12BN3O3S/c1-20-12-14-6-9(11(17)18)10(15-12)19-8-4-2-3-7(5-8)16-13/h2-6,16H,13H2,1H3,(H,17,18). The van der Waals surface area contributed by atoms with Gasteiger partial charge in [0.25, 0.3) is 0 Å². The fraction of sp³-hybridized carbons (Fsp3) is 0.0833. The topological polar surface area (TPSA) is 84.3 Å². The van der Waals surface area contributed by atoms with E-state index in [1.54, 1.807) is 32.4 Å². The molecule has 20 heavy (non-hydrogen) atoms. The van der Waals surface area contributed by atoms with E-state index in [4.69, 9.17) is 9.84 Å². The Morgan fingerprint density at radius 1 is 1.50 bits per heavy atom. The Morgan fingerprint density at radius 2 is 2.30 bits per heavy atom. The van der Waals surface area contributed by atoms with Crippen molar-refractivity contribution in [1.82, 2.24) is 9.97 Å². The molecule has 0 radical (unpaired) electrons. The maximum atomic E-state index is 11.2. The molecule has 0 unspecified atom stereocenters. The van der Waals surface area contributed by atoms with Gasteiger partial charge in [-0.05, 0) is 18.4 Å². The highest BCUT2D eigenvalue weighted by Gasteiger charge is 2.15. The van der Waals surface area contributed by atoms with Gasteiger partial charge in [-0.25, -0.2) is 9.78 Å². The first kappa shape index (κ1) is 14.2. The molecule has 2 N–H and O–H groups in total. The molecule has 0 atom stereocenters. The van der Waals surface area contributed by atoms with Crippen molar-refractivity contribution in [3.05, 3.63) is 36.0 Å². The fourth-order valence-corrected chi connectivity index (χ4v) is 1.83. The summed E-state index contributed by atoms with van der Waals surface area (Å²) in [5.74, 6) is -0.590. The highest BCUT2D eigenvalue weighted by Crippen LogP contribution is 2.26. The van der Waals surface area contributed by atoms with Gasteiger partial charge in [-0.1, -0.05) is 17.8 Å². The largest absolute Gasteiger partial charge is 0.477 e. The highest BCUT2D eigenvalue weighted by molar-refractivity contribution is 7.98. The van der Waals surface area contributed by atoms with Crippen LogP contribution in [-0.4, -0.2) is 35.3 Å². The number of hydrogen-bond acceptors (Lipinski definition) is 6. The Balaban J connectivity index is 2.37. The summed E-state index contributed by atoms with van der Waals surface area (Å²) in [6, 6.07) is 7.16. The zero-order chi connectivity index (χ0) is 14.5. The molecule has 1 heterocycles. The summed E-state index contributed by atoms with van der Waals surface area (Å²) < 4.78 is 5.57. The molecule has 0 amide bonds. The monoisotopic (exact) mass is 289 g/mol. The van der Waals surface area contributed by atoms with Gasteiger partial charge in [-0.3, -0.25) is 0 Å². The molecular weight excluding hydrogens is 277 g/mol. The maximum absolute atomic E-state index is 11.2.